The average molecular weight is 221 g/mol. The highest BCUT2D eigenvalue weighted by Gasteiger charge is 2.40. The lowest BCUT2D eigenvalue weighted by Crippen LogP contribution is -2.33. The molecule has 1 unspecified atom stereocenters. The Bertz CT molecular complexity index is 428. The van der Waals surface area contributed by atoms with Gasteiger partial charge in [-0.2, -0.15) is 0 Å². The first-order valence-electron chi connectivity index (χ1n) is 5.87. The minimum absolute atomic E-state index is 0.0352. The Morgan fingerprint density at radius 1 is 1.50 bits per heavy atom. The van der Waals surface area contributed by atoms with Crippen molar-refractivity contribution in [1.82, 2.24) is 4.57 Å². The van der Waals surface area contributed by atoms with E-state index in [1.807, 2.05) is 12.3 Å². The van der Waals surface area contributed by atoms with Crippen LogP contribution in [0.3, 0.4) is 0 Å². The molecule has 16 heavy (non-hydrogen) atoms. The summed E-state index contributed by atoms with van der Waals surface area (Å²) in [5.41, 5.74) is 0.823. The molecule has 1 aromatic rings. The second-order valence-electron chi connectivity index (χ2n) is 4.86. The maximum Gasteiger partial charge on any atom is 0.250 e. The molecule has 1 aliphatic heterocycles. The Labute approximate surface area is 96.0 Å². The van der Waals surface area contributed by atoms with Gasteiger partial charge in [-0.1, -0.05) is 13.8 Å². The van der Waals surface area contributed by atoms with E-state index in [9.17, 15) is 4.79 Å². The Balaban J connectivity index is 2.47. The zero-order valence-electron chi connectivity index (χ0n) is 10.2. The van der Waals surface area contributed by atoms with Gasteiger partial charge in [-0.05, 0) is 30.4 Å². The van der Waals surface area contributed by atoms with E-state index in [-0.39, 0.29) is 11.2 Å². The van der Waals surface area contributed by atoms with E-state index in [1.54, 1.807) is 17.7 Å². The first-order valence-corrected chi connectivity index (χ1v) is 5.87. The van der Waals surface area contributed by atoms with Crippen LogP contribution < -0.4 is 5.56 Å². The predicted octanol–water partition coefficient (Wildman–Crippen LogP) is 2.05. The number of nitrogens with zero attached hydrogens (tertiary/aromatic N) is 1. The van der Waals surface area contributed by atoms with Gasteiger partial charge >= 0.3 is 0 Å². The summed E-state index contributed by atoms with van der Waals surface area (Å²) < 4.78 is 7.52. The molecule has 3 heteroatoms. The molecule has 1 fully saturated rings. The maximum atomic E-state index is 11.7. The zero-order chi connectivity index (χ0) is 11.8. The Morgan fingerprint density at radius 2 is 2.25 bits per heavy atom. The third-order valence-corrected chi connectivity index (χ3v) is 3.58. The summed E-state index contributed by atoms with van der Waals surface area (Å²) in [7, 11) is 1.77. The summed E-state index contributed by atoms with van der Waals surface area (Å²) >= 11 is 0. The van der Waals surface area contributed by atoms with Crippen LogP contribution in [0.1, 0.15) is 32.3 Å². The molecular weight excluding hydrogens is 202 g/mol. The fourth-order valence-corrected chi connectivity index (χ4v) is 2.49. The van der Waals surface area contributed by atoms with Crippen molar-refractivity contribution in [3.8, 4) is 0 Å². The van der Waals surface area contributed by atoms with E-state index in [2.05, 4.69) is 13.8 Å². The first kappa shape index (κ1) is 11.4. The van der Waals surface area contributed by atoms with E-state index in [0.717, 1.165) is 25.0 Å². The number of pyridine rings is 1. The molecule has 0 aliphatic carbocycles. The molecule has 88 valence electrons. The van der Waals surface area contributed by atoms with Gasteiger partial charge in [0.15, 0.2) is 0 Å². The van der Waals surface area contributed by atoms with Crippen molar-refractivity contribution in [2.75, 3.05) is 6.61 Å². The van der Waals surface area contributed by atoms with E-state index < -0.39 is 0 Å². The van der Waals surface area contributed by atoms with Crippen molar-refractivity contribution < 1.29 is 4.74 Å². The highest BCUT2D eigenvalue weighted by molar-refractivity contribution is 5.22. The van der Waals surface area contributed by atoms with Gasteiger partial charge in [-0.25, -0.2) is 0 Å². The first-order chi connectivity index (χ1) is 7.56. The highest BCUT2D eigenvalue weighted by atomic mass is 16.5. The van der Waals surface area contributed by atoms with E-state index in [4.69, 9.17) is 4.74 Å². The lowest BCUT2D eigenvalue weighted by atomic mass is 9.81. The van der Waals surface area contributed by atoms with Gasteiger partial charge in [0.05, 0.1) is 5.60 Å². The molecule has 1 aliphatic rings. The minimum Gasteiger partial charge on any atom is -0.370 e. The van der Waals surface area contributed by atoms with Gasteiger partial charge in [0, 0.05) is 25.9 Å². The van der Waals surface area contributed by atoms with Crippen molar-refractivity contribution in [1.29, 1.82) is 0 Å². The van der Waals surface area contributed by atoms with Crippen LogP contribution in [0.15, 0.2) is 23.1 Å². The molecule has 0 saturated carbocycles. The fourth-order valence-electron chi connectivity index (χ4n) is 2.49. The zero-order valence-corrected chi connectivity index (χ0v) is 10.2. The van der Waals surface area contributed by atoms with Crippen LogP contribution in [0.2, 0.25) is 0 Å². The normalized spacial score (nSPS) is 25.2. The summed E-state index contributed by atoms with van der Waals surface area (Å²) in [6.45, 7) is 5.11. The molecule has 1 aromatic heterocycles. The molecule has 0 amide bonds. The average Bonchev–Trinajstić information content (AvgIpc) is 2.72. The molecule has 0 N–H and O–H groups in total. The largest absolute Gasteiger partial charge is 0.370 e. The molecule has 2 rings (SSSR count). The van der Waals surface area contributed by atoms with Gasteiger partial charge in [-0.15, -0.1) is 0 Å². The van der Waals surface area contributed by atoms with E-state index in [1.165, 1.54) is 0 Å². The Hall–Kier alpha value is -1.09. The molecule has 2 heterocycles. The molecular formula is C13H19NO2. The summed E-state index contributed by atoms with van der Waals surface area (Å²) in [5, 5.41) is 0. The van der Waals surface area contributed by atoms with Gasteiger partial charge in [0.2, 0.25) is 0 Å². The summed E-state index contributed by atoms with van der Waals surface area (Å²) in [4.78, 5) is 11.7. The standard InChI is InChI=1S/C13H19NO2/c1-10(2)13(6-4-8-16-13)11-5-7-14(3)12(15)9-11/h5,7,9-10H,4,6,8H2,1-3H3. The van der Waals surface area contributed by atoms with Crippen LogP contribution >= 0.6 is 0 Å². The number of hydrogen-bond acceptors (Lipinski definition) is 2. The predicted molar refractivity (Wildman–Crippen MR) is 63.4 cm³/mol. The van der Waals surface area contributed by atoms with Crippen molar-refractivity contribution in [3.05, 3.63) is 34.2 Å². The SMILES string of the molecule is CC(C)C1(c2ccn(C)c(=O)c2)CCCO1. The third-order valence-electron chi connectivity index (χ3n) is 3.58. The topological polar surface area (TPSA) is 31.2 Å². The van der Waals surface area contributed by atoms with Gasteiger partial charge in [0.25, 0.3) is 5.56 Å². The summed E-state index contributed by atoms with van der Waals surface area (Å²) in [6, 6.07) is 3.72. The van der Waals surface area contributed by atoms with Crippen LogP contribution in [-0.4, -0.2) is 11.2 Å². The van der Waals surface area contributed by atoms with Crippen LogP contribution in [0, 0.1) is 5.92 Å². The van der Waals surface area contributed by atoms with Crippen LogP contribution in [0.5, 0.6) is 0 Å². The van der Waals surface area contributed by atoms with Crippen molar-refractivity contribution >= 4 is 0 Å². The second-order valence-corrected chi connectivity index (χ2v) is 4.86. The maximum absolute atomic E-state index is 11.7. The number of rotatable bonds is 2. The lowest BCUT2D eigenvalue weighted by Gasteiger charge is -2.33. The summed E-state index contributed by atoms with van der Waals surface area (Å²) in [6.07, 6.45) is 3.91. The van der Waals surface area contributed by atoms with Crippen LogP contribution in [-0.2, 0) is 17.4 Å². The second kappa shape index (κ2) is 4.06. The molecule has 0 aromatic carbocycles. The monoisotopic (exact) mass is 221 g/mol. The number of aryl methyl sites for hydroxylation is 1. The fraction of sp³-hybridized carbons (Fsp3) is 0.615. The van der Waals surface area contributed by atoms with E-state index in [0.29, 0.717) is 5.92 Å². The number of hydrogen-bond donors (Lipinski definition) is 0. The Morgan fingerprint density at radius 3 is 2.75 bits per heavy atom. The number of aromatic nitrogens is 1. The van der Waals surface area contributed by atoms with Gasteiger partial charge in [-0.3, -0.25) is 4.79 Å². The Kier molecular flexibility index (Phi) is 2.89. The van der Waals surface area contributed by atoms with Gasteiger partial charge in [0.1, 0.15) is 0 Å². The van der Waals surface area contributed by atoms with Crippen LogP contribution in [0.25, 0.3) is 0 Å². The summed E-state index contributed by atoms with van der Waals surface area (Å²) in [5.74, 6) is 0.391. The van der Waals surface area contributed by atoms with Gasteiger partial charge < -0.3 is 9.30 Å². The molecule has 0 spiro atoms. The van der Waals surface area contributed by atoms with Crippen molar-refractivity contribution in [2.45, 2.75) is 32.3 Å². The minimum atomic E-state index is -0.243. The third kappa shape index (κ3) is 1.69. The van der Waals surface area contributed by atoms with Crippen LogP contribution in [0.4, 0.5) is 0 Å². The lowest BCUT2D eigenvalue weighted by molar-refractivity contribution is -0.0384. The molecule has 0 bridgehead atoms. The molecule has 3 nitrogen and oxygen atoms in total. The quantitative estimate of drug-likeness (QED) is 0.765. The smallest absolute Gasteiger partial charge is 0.250 e. The highest BCUT2D eigenvalue weighted by Crippen LogP contribution is 2.41. The molecule has 1 atom stereocenters. The van der Waals surface area contributed by atoms with Crippen molar-refractivity contribution in [2.24, 2.45) is 13.0 Å². The van der Waals surface area contributed by atoms with Crippen molar-refractivity contribution in [3.63, 3.8) is 0 Å². The molecule has 0 radical (unpaired) electrons. The van der Waals surface area contributed by atoms with E-state index >= 15 is 0 Å². The number of ether oxygens (including phenoxy) is 1. The molecule has 1 saturated heterocycles.